The van der Waals surface area contributed by atoms with Crippen LogP contribution in [0.4, 0.5) is 4.79 Å². The predicted octanol–water partition coefficient (Wildman–Crippen LogP) is 3.49. The van der Waals surface area contributed by atoms with Crippen molar-refractivity contribution in [2.24, 2.45) is 0 Å². The highest BCUT2D eigenvalue weighted by Gasteiger charge is 2.15. The summed E-state index contributed by atoms with van der Waals surface area (Å²) in [6, 6.07) is 16.3. The number of hydrogen-bond acceptors (Lipinski definition) is 2. The van der Waals surface area contributed by atoms with Crippen molar-refractivity contribution in [1.82, 2.24) is 15.2 Å². The van der Waals surface area contributed by atoms with E-state index in [-0.39, 0.29) is 6.03 Å². The first-order valence-electron chi connectivity index (χ1n) is 8.37. The van der Waals surface area contributed by atoms with Gasteiger partial charge in [0.05, 0.1) is 5.69 Å². The lowest BCUT2D eigenvalue weighted by molar-refractivity contribution is 0.186. The minimum atomic E-state index is 0.0592. The maximum Gasteiger partial charge on any atom is 0.317 e. The van der Waals surface area contributed by atoms with Crippen molar-refractivity contribution < 1.29 is 4.79 Å². The Labute approximate surface area is 137 Å². The van der Waals surface area contributed by atoms with Crippen LogP contribution in [0.2, 0.25) is 0 Å². The second-order valence-electron chi connectivity index (χ2n) is 5.91. The van der Waals surface area contributed by atoms with Gasteiger partial charge in [0.25, 0.3) is 0 Å². The Balaban J connectivity index is 1.53. The van der Waals surface area contributed by atoms with Crippen LogP contribution in [0.1, 0.15) is 25.0 Å². The fraction of sp³-hybridized carbons (Fsp3) is 0.368. The third kappa shape index (κ3) is 4.31. The van der Waals surface area contributed by atoms with Crippen LogP contribution in [0.3, 0.4) is 0 Å². The van der Waals surface area contributed by atoms with Gasteiger partial charge in [0, 0.05) is 37.3 Å². The van der Waals surface area contributed by atoms with Crippen molar-refractivity contribution >= 4 is 6.03 Å². The van der Waals surface area contributed by atoms with E-state index in [2.05, 4.69) is 22.4 Å². The zero-order valence-corrected chi connectivity index (χ0v) is 13.4. The first-order valence-corrected chi connectivity index (χ1v) is 8.37. The maximum atomic E-state index is 12.1. The predicted molar refractivity (Wildman–Crippen MR) is 92.2 cm³/mol. The molecule has 1 aromatic carbocycles. The van der Waals surface area contributed by atoms with Crippen LogP contribution in [0.15, 0.2) is 48.5 Å². The van der Waals surface area contributed by atoms with E-state index in [1.165, 1.54) is 6.42 Å². The van der Waals surface area contributed by atoms with E-state index in [0.29, 0.717) is 6.54 Å². The van der Waals surface area contributed by atoms with Gasteiger partial charge in [-0.2, -0.15) is 0 Å². The molecule has 1 saturated heterocycles. The number of amides is 2. The molecule has 1 aromatic heterocycles. The SMILES string of the molecule is O=C(NCCc1cccc(-c2ccccc2)n1)N1CCCCC1. The number of pyridine rings is 1. The first kappa shape index (κ1) is 15.5. The summed E-state index contributed by atoms with van der Waals surface area (Å²) in [6.45, 7) is 2.39. The van der Waals surface area contributed by atoms with Crippen LogP contribution in [0.5, 0.6) is 0 Å². The Kier molecular flexibility index (Phi) is 5.25. The fourth-order valence-electron chi connectivity index (χ4n) is 2.89. The Morgan fingerprint density at radius 3 is 2.57 bits per heavy atom. The normalized spacial score (nSPS) is 14.5. The standard InChI is InChI=1S/C19H23N3O/c23-19(22-14-5-2-6-15-22)20-13-12-17-10-7-11-18(21-17)16-8-3-1-4-9-16/h1,3-4,7-11H,2,5-6,12-15H2,(H,20,23). The zero-order valence-electron chi connectivity index (χ0n) is 13.4. The number of hydrogen-bond donors (Lipinski definition) is 1. The molecule has 0 bridgehead atoms. The number of urea groups is 1. The number of likely N-dealkylation sites (tertiary alicyclic amines) is 1. The van der Waals surface area contributed by atoms with Gasteiger partial charge in [0.1, 0.15) is 0 Å². The summed E-state index contributed by atoms with van der Waals surface area (Å²) >= 11 is 0. The molecule has 0 radical (unpaired) electrons. The third-order valence-corrected chi connectivity index (χ3v) is 4.18. The summed E-state index contributed by atoms with van der Waals surface area (Å²) in [4.78, 5) is 18.7. The Morgan fingerprint density at radius 2 is 1.78 bits per heavy atom. The summed E-state index contributed by atoms with van der Waals surface area (Å²) in [6.07, 6.45) is 4.22. The summed E-state index contributed by atoms with van der Waals surface area (Å²) in [5.74, 6) is 0. The van der Waals surface area contributed by atoms with Crippen molar-refractivity contribution in [3.63, 3.8) is 0 Å². The van der Waals surface area contributed by atoms with Gasteiger partial charge in [-0.15, -0.1) is 0 Å². The quantitative estimate of drug-likeness (QED) is 0.939. The first-order chi connectivity index (χ1) is 11.3. The highest BCUT2D eigenvalue weighted by atomic mass is 16.2. The van der Waals surface area contributed by atoms with Gasteiger partial charge in [-0.3, -0.25) is 4.98 Å². The Morgan fingerprint density at radius 1 is 1.00 bits per heavy atom. The summed E-state index contributed by atoms with van der Waals surface area (Å²) < 4.78 is 0. The van der Waals surface area contributed by atoms with Gasteiger partial charge in [-0.25, -0.2) is 4.79 Å². The smallest absolute Gasteiger partial charge is 0.317 e. The van der Waals surface area contributed by atoms with Crippen molar-refractivity contribution in [3.8, 4) is 11.3 Å². The maximum absolute atomic E-state index is 12.1. The summed E-state index contributed by atoms with van der Waals surface area (Å²) in [5.41, 5.74) is 3.10. The largest absolute Gasteiger partial charge is 0.338 e. The molecule has 120 valence electrons. The second kappa shape index (κ2) is 7.77. The van der Waals surface area contributed by atoms with Gasteiger partial charge in [-0.05, 0) is 31.4 Å². The molecule has 0 saturated carbocycles. The topological polar surface area (TPSA) is 45.2 Å². The molecule has 2 heterocycles. The van der Waals surface area contributed by atoms with Gasteiger partial charge < -0.3 is 10.2 Å². The number of carbonyl (C=O) groups excluding carboxylic acids is 1. The van der Waals surface area contributed by atoms with E-state index in [9.17, 15) is 4.79 Å². The number of carbonyl (C=O) groups is 1. The number of piperidine rings is 1. The van der Waals surface area contributed by atoms with E-state index in [4.69, 9.17) is 0 Å². The lowest BCUT2D eigenvalue weighted by Crippen LogP contribution is -2.43. The number of nitrogens with zero attached hydrogens (tertiary/aromatic N) is 2. The van der Waals surface area contributed by atoms with Gasteiger partial charge in [-0.1, -0.05) is 36.4 Å². The average Bonchev–Trinajstić information content (AvgIpc) is 2.63. The minimum Gasteiger partial charge on any atom is -0.338 e. The lowest BCUT2D eigenvalue weighted by atomic mass is 10.1. The molecule has 0 spiro atoms. The van der Waals surface area contributed by atoms with E-state index in [1.54, 1.807) is 0 Å². The van der Waals surface area contributed by atoms with Gasteiger partial charge >= 0.3 is 6.03 Å². The molecule has 0 unspecified atom stereocenters. The Hall–Kier alpha value is -2.36. The molecule has 23 heavy (non-hydrogen) atoms. The monoisotopic (exact) mass is 309 g/mol. The van der Waals surface area contributed by atoms with Crippen molar-refractivity contribution in [2.75, 3.05) is 19.6 Å². The molecule has 2 amide bonds. The Bertz CT molecular complexity index is 636. The van der Waals surface area contributed by atoms with Crippen LogP contribution in [-0.2, 0) is 6.42 Å². The molecule has 1 aliphatic rings. The summed E-state index contributed by atoms with van der Waals surface area (Å²) in [5, 5.41) is 3.01. The van der Waals surface area contributed by atoms with Crippen LogP contribution >= 0.6 is 0 Å². The molecule has 1 N–H and O–H groups in total. The highest BCUT2D eigenvalue weighted by molar-refractivity contribution is 5.74. The van der Waals surface area contributed by atoms with Crippen molar-refractivity contribution in [1.29, 1.82) is 0 Å². The van der Waals surface area contributed by atoms with E-state index >= 15 is 0 Å². The number of aromatic nitrogens is 1. The van der Waals surface area contributed by atoms with Crippen molar-refractivity contribution in [3.05, 3.63) is 54.2 Å². The van der Waals surface area contributed by atoms with Gasteiger partial charge in [0.15, 0.2) is 0 Å². The van der Waals surface area contributed by atoms with Crippen LogP contribution < -0.4 is 5.32 Å². The van der Waals surface area contributed by atoms with Gasteiger partial charge in [0.2, 0.25) is 0 Å². The third-order valence-electron chi connectivity index (χ3n) is 4.18. The van der Waals surface area contributed by atoms with Crippen LogP contribution in [0, 0.1) is 0 Å². The van der Waals surface area contributed by atoms with E-state index < -0.39 is 0 Å². The molecule has 1 fully saturated rings. The van der Waals surface area contributed by atoms with E-state index in [1.807, 2.05) is 41.3 Å². The fourth-order valence-corrected chi connectivity index (χ4v) is 2.89. The second-order valence-corrected chi connectivity index (χ2v) is 5.91. The van der Waals surface area contributed by atoms with Crippen LogP contribution in [-0.4, -0.2) is 35.5 Å². The molecule has 0 atom stereocenters. The number of nitrogens with one attached hydrogen (secondary N) is 1. The lowest BCUT2D eigenvalue weighted by Gasteiger charge is -2.26. The van der Waals surface area contributed by atoms with Crippen LogP contribution in [0.25, 0.3) is 11.3 Å². The molecule has 2 aromatic rings. The molecule has 3 rings (SSSR count). The number of rotatable bonds is 4. The van der Waals surface area contributed by atoms with Crippen molar-refractivity contribution in [2.45, 2.75) is 25.7 Å². The summed E-state index contributed by atoms with van der Waals surface area (Å²) in [7, 11) is 0. The molecular formula is C19H23N3O. The zero-order chi connectivity index (χ0) is 15.9. The molecular weight excluding hydrogens is 286 g/mol. The molecule has 4 heteroatoms. The van der Waals surface area contributed by atoms with E-state index in [0.717, 1.165) is 49.3 Å². The molecule has 0 aliphatic carbocycles. The average molecular weight is 309 g/mol. The molecule has 1 aliphatic heterocycles. The minimum absolute atomic E-state index is 0.0592. The number of benzene rings is 1. The molecule has 4 nitrogen and oxygen atoms in total. The highest BCUT2D eigenvalue weighted by Crippen LogP contribution is 2.16.